The molecule has 0 amide bonds. The third kappa shape index (κ3) is 3.18. The molecule has 1 rings (SSSR count). The molecule has 2 heteroatoms. The predicted octanol–water partition coefficient (Wildman–Crippen LogP) is 3.88. The summed E-state index contributed by atoms with van der Waals surface area (Å²) in [4.78, 5) is 0. The van der Waals surface area contributed by atoms with Crippen LogP contribution in [-0.4, -0.2) is 9.04 Å². The van der Waals surface area contributed by atoms with Crippen molar-refractivity contribution in [2.24, 2.45) is 0 Å². The second kappa shape index (κ2) is 5.20. The van der Waals surface area contributed by atoms with Crippen LogP contribution in [0.5, 0.6) is 5.75 Å². The lowest BCUT2D eigenvalue weighted by Crippen LogP contribution is -2.28. The normalized spacial score (nSPS) is 11.4. The van der Waals surface area contributed by atoms with E-state index in [0.29, 0.717) is 11.1 Å². The maximum Gasteiger partial charge on any atom is 0.286 e. The molecule has 0 aliphatic rings. The Morgan fingerprint density at radius 2 is 1.43 bits per heavy atom. The SMILES string of the molecule is CC(C)[Si](Oc1ccccc1)C(C)C. The molecule has 0 bridgehead atoms. The van der Waals surface area contributed by atoms with Crippen LogP contribution in [0.1, 0.15) is 27.7 Å². The number of benzene rings is 1. The molecule has 1 radical (unpaired) electrons. The highest BCUT2D eigenvalue weighted by Crippen LogP contribution is 2.23. The lowest BCUT2D eigenvalue weighted by atomic mass is 10.3. The molecule has 0 saturated heterocycles. The summed E-state index contributed by atoms with van der Waals surface area (Å²) >= 11 is 0. The smallest absolute Gasteiger partial charge is 0.286 e. The van der Waals surface area contributed by atoms with Crippen molar-refractivity contribution < 1.29 is 4.43 Å². The molecule has 0 unspecified atom stereocenters. The van der Waals surface area contributed by atoms with E-state index in [1.165, 1.54) is 0 Å². The highest BCUT2D eigenvalue weighted by atomic mass is 28.3. The van der Waals surface area contributed by atoms with Gasteiger partial charge in [0.25, 0.3) is 9.04 Å². The minimum Gasteiger partial charge on any atom is -0.541 e. The highest BCUT2D eigenvalue weighted by molar-refractivity contribution is 6.55. The van der Waals surface area contributed by atoms with Gasteiger partial charge in [0.15, 0.2) is 0 Å². The van der Waals surface area contributed by atoms with E-state index in [2.05, 4.69) is 27.7 Å². The van der Waals surface area contributed by atoms with Crippen LogP contribution in [0, 0.1) is 0 Å². The fourth-order valence-corrected chi connectivity index (χ4v) is 3.74. The summed E-state index contributed by atoms with van der Waals surface area (Å²) in [7, 11) is -0.731. The predicted molar refractivity (Wildman–Crippen MR) is 63.0 cm³/mol. The summed E-state index contributed by atoms with van der Waals surface area (Å²) in [5.41, 5.74) is 1.31. The molecule has 1 aromatic rings. The van der Waals surface area contributed by atoms with Crippen LogP contribution in [0.15, 0.2) is 30.3 Å². The van der Waals surface area contributed by atoms with Gasteiger partial charge in [-0.25, -0.2) is 0 Å². The van der Waals surface area contributed by atoms with Crippen LogP contribution in [0.4, 0.5) is 0 Å². The van der Waals surface area contributed by atoms with Gasteiger partial charge in [-0.2, -0.15) is 0 Å². The van der Waals surface area contributed by atoms with Crippen LogP contribution < -0.4 is 4.43 Å². The van der Waals surface area contributed by atoms with E-state index in [1.54, 1.807) is 0 Å². The van der Waals surface area contributed by atoms with Gasteiger partial charge in [-0.1, -0.05) is 45.9 Å². The van der Waals surface area contributed by atoms with Gasteiger partial charge in [-0.15, -0.1) is 0 Å². The molecule has 77 valence electrons. The van der Waals surface area contributed by atoms with Crippen molar-refractivity contribution in [2.75, 3.05) is 0 Å². The molecule has 0 fully saturated rings. The van der Waals surface area contributed by atoms with E-state index < -0.39 is 9.04 Å². The molecule has 1 aromatic carbocycles. The highest BCUT2D eigenvalue weighted by Gasteiger charge is 2.23. The first-order valence-corrected chi connectivity index (χ1v) is 6.77. The molecular formula is C12H19OSi. The summed E-state index contributed by atoms with van der Waals surface area (Å²) in [5, 5.41) is 0. The summed E-state index contributed by atoms with van der Waals surface area (Å²) in [6.45, 7) is 8.99. The number of para-hydroxylation sites is 1. The average Bonchev–Trinajstić information content (AvgIpc) is 2.15. The summed E-state index contributed by atoms with van der Waals surface area (Å²) in [5.74, 6) is 1.02. The third-order valence-corrected chi connectivity index (χ3v) is 4.86. The molecule has 0 aliphatic heterocycles. The van der Waals surface area contributed by atoms with Crippen LogP contribution in [-0.2, 0) is 0 Å². The van der Waals surface area contributed by atoms with Crippen molar-refractivity contribution in [3.63, 3.8) is 0 Å². The van der Waals surface area contributed by atoms with Gasteiger partial charge in [0, 0.05) is 0 Å². The zero-order valence-corrected chi connectivity index (χ0v) is 10.4. The number of hydrogen-bond acceptors (Lipinski definition) is 1. The minimum atomic E-state index is -0.731. The minimum absolute atomic E-state index is 0.653. The van der Waals surface area contributed by atoms with Gasteiger partial charge in [0.1, 0.15) is 5.75 Å². The van der Waals surface area contributed by atoms with Crippen molar-refractivity contribution in [3.05, 3.63) is 30.3 Å². The van der Waals surface area contributed by atoms with Crippen molar-refractivity contribution in [1.82, 2.24) is 0 Å². The van der Waals surface area contributed by atoms with Crippen molar-refractivity contribution >= 4 is 9.04 Å². The maximum atomic E-state index is 6.04. The molecule has 0 atom stereocenters. The second-order valence-corrected chi connectivity index (χ2v) is 7.45. The van der Waals surface area contributed by atoms with E-state index >= 15 is 0 Å². The molecule has 0 heterocycles. The second-order valence-electron chi connectivity index (χ2n) is 4.13. The topological polar surface area (TPSA) is 9.23 Å². The molecule has 0 N–H and O–H groups in total. The monoisotopic (exact) mass is 207 g/mol. The Morgan fingerprint density at radius 3 is 1.86 bits per heavy atom. The van der Waals surface area contributed by atoms with E-state index in [0.717, 1.165) is 5.75 Å². The van der Waals surface area contributed by atoms with Crippen LogP contribution in [0.3, 0.4) is 0 Å². The Bertz CT molecular complexity index is 248. The Kier molecular flexibility index (Phi) is 4.20. The van der Waals surface area contributed by atoms with Crippen LogP contribution in [0.2, 0.25) is 11.1 Å². The van der Waals surface area contributed by atoms with Gasteiger partial charge in [0.2, 0.25) is 0 Å². The van der Waals surface area contributed by atoms with E-state index in [-0.39, 0.29) is 0 Å². The van der Waals surface area contributed by atoms with Crippen LogP contribution in [0.25, 0.3) is 0 Å². The van der Waals surface area contributed by atoms with Crippen LogP contribution >= 0.6 is 0 Å². The molecular weight excluding hydrogens is 188 g/mol. The van der Waals surface area contributed by atoms with Crippen molar-refractivity contribution in [2.45, 2.75) is 38.8 Å². The molecule has 0 spiro atoms. The molecule has 14 heavy (non-hydrogen) atoms. The van der Waals surface area contributed by atoms with Gasteiger partial charge in [-0.3, -0.25) is 0 Å². The van der Waals surface area contributed by atoms with Gasteiger partial charge >= 0.3 is 0 Å². The molecule has 0 saturated carbocycles. The Morgan fingerprint density at radius 1 is 0.929 bits per heavy atom. The quantitative estimate of drug-likeness (QED) is 0.681. The van der Waals surface area contributed by atoms with Gasteiger partial charge in [-0.05, 0) is 23.2 Å². The molecule has 0 aliphatic carbocycles. The Balaban J connectivity index is 2.65. The van der Waals surface area contributed by atoms with Gasteiger partial charge in [0.05, 0.1) is 0 Å². The molecule has 0 aromatic heterocycles. The summed E-state index contributed by atoms with van der Waals surface area (Å²) in [6, 6.07) is 10.1. The fraction of sp³-hybridized carbons (Fsp3) is 0.500. The van der Waals surface area contributed by atoms with Crippen molar-refractivity contribution in [1.29, 1.82) is 0 Å². The first-order chi connectivity index (χ1) is 6.61. The first kappa shape index (κ1) is 11.3. The maximum absolute atomic E-state index is 6.04. The number of rotatable bonds is 4. The lowest BCUT2D eigenvalue weighted by molar-refractivity contribution is 0.536. The average molecular weight is 207 g/mol. The van der Waals surface area contributed by atoms with E-state index in [1.807, 2.05) is 30.3 Å². The lowest BCUT2D eigenvalue weighted by Gasteiger charge is -2.22. The Labute approximate surface area is 88.8 Å². The zero-order valence-electron chi connectivity index (χ0n) is 9.45. The standard InChI is InChI=1S/C12H19OSi/c1-10(2)14(11(3)4)13-12-8-6-5-7-9-12/h5-11H,1-4H3. The Hall–Kier alpha value is -0.763. The van der Waals surface area contributed by atoms with E-state index in [4.69, 9.17) is 4.43 Å². The van der Waals surface area contributed by atoms with Crippen molar-refractivity contribution in [3.8, 4) is 5.75 Å². The van der Waals surface area contributed by atoms with Gasteiger partial charge < -0.3 is 4.43 Å². The zero-order chi connectivity index (χ0) is 10.6. The van der Waals surface area contributed by atoms with E-state index in [9.17, 15) is 0 Å². The first-order valence-electron chi connectivity index (χ1n) is 5.21. The number of hydrogen-bond donors (Lipinski definition) is 0. The molecule has 1 nitrogen and oxygen atoms in total. The third-order valence-electron chi connectivity index (χ3n) is 2.12. The summed E-state index contributed by atoms with van der Waals surface area (Å²) in [6.07, 6.45) is 0. The summed E-state index contributed by atoms with van der Waals surface area (Å²) < 4.78 is 6.04. The largest absolute Gasteiger partial charge is 0.541 e. The fourth-order valence-electron chi connectivity index (χ4n) is 1.53.